The van der Waals surface area contributed by atoms with Crippen LogP contribution in [0.3, 0.4) is 0 Å². The van der Waals surface area contributed by atoms with Gasteiger partial charge in [0.2, 0.25) is 0 Å². The highest BCUT2D eigenvalue weighted by molar-refractivity contribution is 5.80. The van der Waals surface area contributed by atoms with Gasteiger partial charge in [-0.05, 0) is 44.2 Å². The summed E-state index contributed by atoms with van der Waals surface area (Å²) in [6.07, 6.45) is 5.89. The maximum atomic E-state index is 5.63. The molecule has 0 N–H and O–H groups in total. The van der Waals surface area contributed by atoms with Crippen molar-refractivity contribution >= 4 is 11.0 Å². The minimum Gasteiger partial charge on any atom is -0.381 e. The maximum absolute atomic E-state index is 5.63. The van der Waals surface area contributed by atoms with Crippen molar-refractivity contribution < 1.29 is 9.26 Å². The Labute approximate surface area is 169 Å². The number of nitrogens with zero attached hydrogens (tertiary/aromatic N) is 4. The Hall–Kier alpha value is -2.99. The number of hydrogen-bond donors (Lipinski definition) is 0. The molecule has 0 amide bonds. The molecule has 0 saturated carbocycles. The lowest BCUT2D eigenvalue weighted by molar-refractivity contribution is 0.0547. The molecule has 29 heavy (non-hydrogen) atoms. The lowest BCUT2D eigenvalue weighted by Gasteiger charge is -2.32. The third-order valence-electron chi connectivity index (χ3n) is 5.90. The molecule has 1 aliphatic rings. The molecule has 148 valence electrons. The van der Waals surface area contributed by atoms with Crippen LogP contribution in [0.25, 0.3) is 22.3 Å². The number of benzene rings is 1. The molecule has 5 rings (SSSR count). The van der Waals surface area contributed by atoms with Crippen LogP contribution in [0.5, 0.6) is 0 Å². The topological polar surface area (TPSA) is 66.0 Å². The quantitative estimate of drug-likeness (QED) is 0.506. The third-order valence-corrected chi connectivity index (χ3v) is 5.90. The van der Waals surface area contributed by atoms with E-state index < -0.39 is 0 Å². The Morgan fingerprint density at radius 3 is 2.59 bits per heavy atom. The van der Waals surface area contributed by atoms with Gasteiger partial charge < -0.3 is 13.8 Å². The molecular formula is C23H24N4O2. The van der Waals surface area contributed by atoms with Crippen LogP contribution in [-0.4, -0.2) is 32.9 Å². The van der Waals surface area contributed by atoms with E-state index in [4.69, 9.17) is 9.26 Å². The zero-order valence-electron chi connectivity index (χ0n) is 16.7. The lowest BCUT2D eigenvalue weighted by Crippen LogP contribution is -2.26. The van der Waals surface area contributed by atoms with Gasteiger partial charge in [0, 0.05) is 13.2 Å². The van der Waals surface area contributed by atoms with E-state index in [1.54, 1.807) is 0 Å². The van der Waals surface area contributed by atoms with Crippen molar-refractivity contribution in [2.24, 2.45) is 5.92 Å². The van der Waals surface area contributed by atoms with Crippen LogP contribution in [0.2, 0.25) is 0 Å². The SMILES string of the molecule is Cc1noc(C)c1-c1cc2c(cn1)ncn2[C@@H](c1ccccc1)C1CCOCC1. The van der Waals surface area contributed by atoms with E-state index in [2.05, 4.69) is 56.1 Å². The van der Waals surface area contributed by atoms with Gasteiger partial charge in [0.05, 0.1) is 41.0 Å². The number of rotatable bonds is 4. The smallest absolute Gasteiger partial charge is 0.143 e. The summed E-state index contributed by atoms with van der Waals surface area (Å²) >= 11 is 0. The van der Waals surface area contributed by atoms with Crippen molar-refractivity contribution in [1.29, 1.82) is 0 Å². The summed E-state index contributed by atoms with van der Waals surface area (Å²) < 4.78 is 13.3. The molecule has 6 nitrogen and oxygen atoms in total. The fourth-order valence-corrected chi connectivity index (χ4v) is 4.48. The molecule has 0 bridgehead atoms. The molecule has 1 fully saturated rings. The van der Waals surface area contributed by atoms with E-state index in [9.17, 15) is 0 Å². The maximum Gasteiger partial charge on any atom is 0.143 e. The number of fused-ring (bicyclic) bond motifs is 1. The Balaban J connectivity index is 1.66. The summed E-state index contributed by atoms with van der Waals surface area (Å²) in [6.45, 7) is 5.50. The Kier molecular flexibility index (Phi) is 4.64. The van der Waals surface area contributed by atoms with Crippen molar-refractivity contribution in [3.05, 3.63) is 65.9 Å². The summed E-state index contributed by atoms with van der Waals surface area (Å²) in [5.74, 6) is 1.28. The number of hydrogen-bond acceptors (Lipinski definition) is 5. The van der Waals surface area contributed by atoms with Gasteiger partial charge >= 0.3 is 0 Å². The Morgan fingerprint density at radius 2 is 1.86 bits per heavy atom. The molecule has 1 atom stereocenters. The average Bonchev–Trinajstić information content (AvgIpc) is 3.32. The summed E-state index contributed by atoms with van der Waals surface area (Å²) in [6, 6.07) is 13.0. The van der Waals surface area contributed by atoms with E-state index in [0.29, 0.717) is 5.92 Å². The van der Waals surface area contributed by atoms with Crippen molar-refractivity contribution in [3.63, 3.8) is 0 Å². The highest BCUT2D eigenvalue weighted by Crippen LogP contribution is 2.36. The second-order valence-corrected chi connectivity index (χ2v) is 7.71. The van der Waals surface area contributed by atoms with Gasteiger partial charge in [0.15, 0.2) is 0 Å². The predicted molar refractivity (Wildman–Crippen MR) is 111 cm³/mol. The first-order chi connectivity index (χ1) is 14.2. The van der Waals surface area contributed by atoms with Crippen LogP contribution in [0.15, 0.2) is 53.4 Å². The van der Waals surface area contributed by atoms with E-state index in [1.165, 1.54) is 5.56 Å². The van der Waals surface area contributed by atoms with Crippen molar-refractivity contribution in [2.45, 2.75) is 32.7 Å². The van der Waals surface area contributed by atoms with E-state index in [-0.39, 0.29) is 6.04 Å². The standard InChI is InChI=1S/C23H24N4O2/c1-15-22(16(2)29-26-15)19-12-21-20(13-24-19)25-14-27(21)23(17-6-4-3-5-7-17)18-8-10-28-11-9-18/h3-7,12-14,18,23H,8-11H2,1-2H3/t23-/m0/s1. The van der Waals surface area contributed by atoms with Crippen LogP contribution in [-0.2, 0) is 4.74 Å². The largest absolute Gasteiger partial charge is 0.381 e. The minimum atomic E-state index is 0.213. The van der Waals surface area contributed by atoms with Gasteiger partial charge in [-0.25, -0.2) is 4.98 Å². The molecule has 1 aliphatic heterocycles. The zero-order valence-corrected chi connectivity index (χ0v) is 16.7. The van der Waals surface area contributed by atoms with Gasteiger partial charge in [-0.15, -0.1) is 0 Å². The molecule has 0 aliphatic carbocycles. The van der Waals surface area contributed by atoms with Crippen molar-refractivity contribution in [3.8, 4) is 11.3 Å². The summed E-state index contributed by atoms with van der Waals surface area (Å²) in [4.78, 5) is 9.29. The fraction of sp³-hybridized carbons (Fsp3) is 0.348. The van der Waals surface area contributed by atoms with Crippen LogP contribution in [0.4, 0.5) is 0 Å². The fourth-order valence-electron chi connectivity index (χ4n) is 4.48. The Morgan fingerprint density at radius 1 is 1.07 bits per heavy atom. The van der Waals surface area contributed by atoms with E-state index in [1.807, 2.05) is 26.4 Å². The highest BCUT2D eigenvalue weighted by atomic mass is 16.5. The first-order valence-corrected chi connectivity index (χ1v) is 10.1. The summed E-state index contributed by atoms with van der Waals surface area (Å²) in [7, 11) is 0. The van der Waals surface area contributed by atoms with Crippen molar-refractivity contribution in [2.75, 3.05) is 13.2 Å². The molecule has 1 saturated heterocycles. The summed E-state index contributed by atoms with van der Waals surface area (Å²) in [5.41, 5.74) is 5.96. The third kappa shape index (κ3) is 3.23. The molecule has 4 aromatic rings. The van der Waals surface area contributed by atoms with Crippen LogP contribution in [0, 0.1) is 19.8 Å². The number of pyridine rings is 1. The molecule has 0 spiro atoms. The van der Waals surface area contributed by atoms with Gasteiger partial charge in [-0.1, -0.05) is 35.5 Å². The molecule has 0 radical (unpaired) electrons. The molecule has 0 unspecified atom stereocenters. The minimum absolute atomic E-state index is 0.213. The molecule has 6 heteroatoms. The Bertz CT molecular complexity index is 1110. The lowest BCUT2D eigenvalue weighted by atomic mass is 9.86. The summed E-state index contributed by atoms with van der Waals surface area (Å²) in [5, 5.41) is 4.09. The van der Waals surface area contributed by atoms with Crippen LogP contribution in [0.1, 0.15) is 35.9 Å². The predicted octanol–water partition coefficient (Wildman–Crippen LogP) is 4.72. The van der Waals surface area contributed by atoms with E-state index >= 15 is 0 Å². The van der Waals surface area contributed by atoms with E-state index in [0.717, 1.165) is 59.8 Å². The second kappa shape index (κ2) is 7.44. The van der Waals surface area contributed by atoms with Gasteiger partial charge in [-0.2, -0.15) is 0 Å². The zero-order chi connectivity index (χ0) is 19.8. The normalized spacial score (nSPS) is 16.3. The first kappa shape index (κ1) is 18.1. The molecule has 4 heterocycles. The van der Waals surface area contributed by atoms with Crippen LogP contribution >= 0.6 is 0 Å². The molecule has 1 aromatic carbocycles. The number of imidazole rings is 1. The van der Waals surface area contributed by atoms with Gasteiger partial charge in [-0.3, -0.25) is 4.98 Å². The number of aryl methyl sites for hydroxylation is 2. The monoisotopic (exact) mass is 388 g/mol. The van der Waals surface area contributed by atoms with Crippen molar-refractivity contribution in [1.82, 2.24) is 19.7 Å². The second-order valence-electron chi connectivity index (χ2n) is 7.71. The average molecular weight is 388 g/mol. The van der Waals surface area contributed by atoms with Gasteiger partial charge in [0.25, 0.3) is 0 Å². The molecule has 3 aromatic heterocycles. The van der Waals surface area contributed by atoms with Gasteiger partial charge in [0.1, 0.15) is 11.3 Å². The highest BCUT2D eigenvalue weighted by Gasteiger charge is 2.28. The van der Waals surface area contributed by atoms with Crippen LogP contribution < -0.4 is 0 Å². The first-order valence-electron chi connectivity index (χ1n) is 10.1. The number of aromatic nitrogens is 4. The number of ether oxygens (including phenoxy) is 1. The molecular weight excluding hydrogens is 364 g/mol.